The number of carboxylic acids is 3. The zero-order chi connectivity index (χ0) is 25.0. The summed E-state index contributed by atoms with van der Waals surface area (Å²) in [6.45, 7) is 0. The van der Waals surface area contributed by atoms with E-state index in [9.17, 15) is 39.5 Å². The van der Waals surface area contributed by atoms with Crippen LogP contribution in [0.2, 0.25) is 0 Å². The topological polar surface area (TPSA) is 142 Å². The fraction of sp³-hybridized carbons (Fsp3) is 0.636. The zero-order valence-electron chi connectivity index (χ0n) is 14.9. The van der Waals surface area contributed by atoms with E-state index in [0.29, 0.717) is 5.96 Å². The Hall–Kier alpha value is -2.95. The molecule has 0 aromatic rings. The standard InChI is InChI=1S/C5H13N3.3C2HF3O2/c1-7(2)5(6)8(3)4;3*3-2(4,5)1(6)7/h6H,1-4H3;3*(H,6,7). The SMILES string of the molecule is CN(C)C(=N)N(C)C.O=C(O)C(F)(F)F.O=C(O)C(F)(F)F.O=C(O)C(F)(F)F. The molecule has 0 amide bonds. The maximum atomic E-state index is 10.6. The lowest BCUT2D eigenvalue weighted by atomic mass is 10.7. The van der Waals surface area contributed by atoms with Crippen LogP contribution in [-0.4, -0.2) is 95.7 Å². The van der Waals surface area contributed by atoms with E-state index >= 15 is 0 Å². The molecule has 0 aromatic heterocycles. The summed E-state index contributed by atoms with van der Waals surface area (Å²) < 4.78 is 95.2. The molecular formula is C11H16F9N3O6. The predicted molar refractivity (Wildman–Crippen MR) is 76.2 cm³/mol. The molecule has 0 unspecified atom stereocenters. The highest BCUT2D eigenvalue weighted by Gasteiger charge is 2.39. The summed E-state index contributed by atoms with van der Waals surface area (Å²) in [7, 11) is 7.40. The van der Waals surface area contributed by atoms with Crippen LogP contribution in [0, 0.1) is 5.41 Å². The number of alkyl halides is 9. The highest BCUT2D eigenvalue weighted by Crippen LogP contribution is 2.14. The summed E-state index contributed by atoms with van der Waals surface area (Å²) >= 11 is 0. The van der Waals surface area contributed by atoms with Crippen LogP contribution in [0.15, 0.2) is 0 Å². The molecule has 0 atom stereocenters. The molecule has 0 heterocycles. The van der Waals surface area contributed by atoms with Gasteiger partial charge < -0.3 is 25.1 Å². The zero-order valence-corrected chi connectivity index (χ0v) is 14.9. The van der Waals surface area contributed by atoms with Gasteiger partial charge in [0.25, 0.3) is 0 Å². The Labute approximate surface area is 156 Å². The Morgan fingerprint density at radius 1 is 0.586 bits per heavy atom. The summed E-state index contributed by atoms with van der Waals surface area (Å²) in [6.07, 6.45) is -15.3. The van der Waals surface area contributed by atoms with Crippen LogP contribution in [0.1, 0.15) is 0 Å². The number of hydrogen-bond acceptors (Lipinski definition) is 4. The molecule has 0 aliphatic carbocycles. The lowest BCUT2D eigenvalue weighted by molar-refractivity contribution is -0.193. The van der Waals surface area contributed by atoms with E-state index in [1.54, 1.807) is 9.80 Å². The first-order valence-electron chi connectivity index (χ1n) is 6.22. The first kappa shape index (κ1) is 33.6. The largest absolute Gasteiger partial charge is 0.490 e. The van der Waals surface area contributed by atoms with E-state index in [1.165, 1.54) is 0 Å². The molecule has 174 valence electrons. The second kappa shape index (κ2) is 13.3. The van der Waals surface area contributed by atoms with Crippen LogP contribution >= 0.6 is 0 Å². The Morgan fingerprint density at radius 3 is 0.690 bits per heavy atom. The second-order valence-corrected chi connectivity index (χ2v) is 4.52. The second-order valence-electron chi connectivity index (χ2n) is 4.52. The van der Waals surface area contributed by atoms with Gasteiger partial charge in [-0.3, -0.25) is 5.41 Å². The summed E-state index contributed by atoms with van der Waals surface area (Å²) in [6, 6.07) is 0. The van der Waals surface area contributed by atoms with Crippen LogP contribution < -0.4 is 0 Å². The summed E-state index contributed by atoms with van der Waals surface area (Å²) in [5.74, 6) is -7.75. The summed E-state index contributed by atoms with van der Waals surface area (Å²) in [5.41, 5.74) is 0. The Bertz CT molecular complexity index is 475. The molecule has 0 saturated carbocycles. The number of halogens is 9. The van der Waals surface area contributed by atoms with E-state index in [-0.39, 0.29) is 0 Å². The molecular weight excluding hydrogens is 441 g/mol. The Balaban J connectivity index is -0.000000144. The lowest BCUT2D eigenvalue weighted by Gasteiger charge is -2.19. The third kappa shape index (κ3) is 25.1. The van der Waals surface area contributed by atoms with Crippen molar-refractivity contribution in [2.75, 3.05) is 28.2 Å². The van der Waals surface area contributed by atoms with Crippen molar-refractivity contribution in [2.24, 2.45) is 0 Å². The fourth-order valence-electron chi connectivity index (χ4n) is 0.400. The van der Waals surface area contributed by atoms with Crippen molar-refractivity contribution in [1.82, 2.24) is 9.80 Å². The van der Waals surface area contributed by atoms with Gasteiger partial charge in [0.15, 0.2) is 5.96 Å². The van der Waals surface area contributed by atoms with Crippen LogP contribution in [-0.2, 0) is 14.4 Å². The molecule has 4 N–H and O–H groups in total. The van der Waals surface area contributed by atoms with Gasteiger partial charge in [-0.15, -0.1) is 0 Å². The van der Waals surface area contributed by atoms with Crippen molar-refractivity contribution >= 4 is 23.9 Å². The number of rotatable bonds is 0. The fourth-order valence-corrected chi connectivity index (χ4v) is 0.400. The molecule has 9 nitrogen and oxygen atoms in total. The van der Waals surface area contributed by atoms with Crippen molar-refractivity contribution in [3.8, 4) is 0 Å². The number of nitrogens with zero attached hydrogens (tertiary/aromatic N) is 2. The van der Waals surface area contributed by atoms with Crippen LogP contribution in [0.5, 0.6) is 0 Å². The van der Waals surface area contributed by atoms with E-state index in [4.69, 9.17) is 35.1 Å². The van der Waals surface area contributed by atoms with Gasteiger partial charge in [0.1, 0.15) is 0 Å². The smallest absolute Gasteiger partial charge is 0.475 e. The average Bonchev–Trinajstić information content (AvgIpc) is 2.44. The molecule has 18 heteroatoms. The Morgan fingerprint density at radius 2 is 0.690 bits per heavy atom. The van der Waals surface area contributed by atoms with Gasteiger partial charge >= 0.3 is 36.4 Å². The highest BCUT2D eigenvalue weighted by molar-refractivity contribution is 5.75. The number of carboxylic acid groups (broad SMARTS) is 3. The van der Waals surface area contributed by atoms with Crippen molar-refractivity contribution in [3.05, 3.63) is 0 Å². The van der Waals surface area contributed by atoms with Crippen LogP contribution in [0.4, 0.5) is 39.5 Å². The van der Waals surface area contributed by atoms with Crippen LogP contribution in [0.25, 0.3) is 0 Å². The number of carbonyl (C=O) groups is 3. The monoisotopic (exact) mass is 457 g/mol. The van der Waals surface area contributed by atoms with Gasteiger partial charge in [-0.2, -0.15) is 39.5 Å². The third-order valence-electron chi connectivity index (χ3n) is 1.57. The molecule has 0 rings (SSSR count). The van der Waals surface area contributed by atoms with Gasteiger partial charge in [0, 0.05) is 28.2 Å². The number of hydrogen-bond donors (Lipinski definition) is 4. The predicted octanol–water partition coefficient (Wildman–Crippen LogP) is 1.94. The average molecular weight is 457 g/mol. The normalized spacial score (nSPS) is 10.5. The molecule has 0 fully saturated rings. The number of guanidine groups is 1. The molecule has 0 aromatic carbocycles. The van der Waals surface area contributed by atoms with E-state index < -0.39 is 36.4 Å². The molecule has 0 aliphatic heterocycles. The van der Waals surface area contributed by atoms with Gasteiger partial charge in [-0.25, -0.2) is 14.4 Å². The highest BCUT2D eigenvalue weighted by atomic mass is 19.4. The number of aliphatic carboxylic acids is 3. The molecule has 0 saturated heterocycles. The molecule has 0 aliphatic rings. The molecule has 0 spiro atoms. The van der Waals surface area contributed by atoms with Crippen LogP contribution in [0.3, 0.4) is 0 Å². The van der Waals surface area contributed by atoms with Crippen molar-refractivity contribution in [1.29, 1.82) is 5.41 Å². The Kier molecular flexibility index (Phi) is 15.4. The minimum absolute atomic E-state index is 0.519. The summed E-state index contributed by atoms with van der Waals surface area (Å²) in [4.78, 5) is 30.2. The van der Waals surface area contributed by atoms with Gasteiger partial charge in [0.2, 0.25) is 0 Å². The first-order valence-corrected chi connectivity index (χ1v) is 6.22. The van der Waals surface area contributed by atoms with Gasteiger partial charge in [0.05, 0.1) is 0 Å². The quantitative estimate of drug-likeness (QED) is 0.246. The minimum atomic E-state index is -5.08. The van der Waals surface area contributed by atoms with Crippen molar-refractivity contribution < 1.29 is 69.2 Å². The minimum Gasteiger partial charge on any atom is -0.475 e. The van der Waals surface area contributed by atoms with Crippen molar-refractivity contribution in [3.63, 3.8) is 0 Å². The number of nitrogens with one attached hydrogen (secondary N) is 1. The van der Waals surface area contributed by atoms with E-state index in [1.807, 2.05) is 28.2 Å². The third-order valence-corrected chi connectivity index (χ3v) is 1.57. The van der Waals surface area contributed by atoms with E-state index in [2.05, 4.69) is 0 Å². The molecule has 0 radical (unpaired) electrons. The summed E-state index contributed by atoms with van der Waals surface area (Å²) in [5, 5.41) is 28.6. The lowest BCUT2D eigenvalue weighted by Crippen LogP contribution is -2.34. The first-order chi connectivity index (χ1) is 12.4. The molecule has 29 heavy (non-hydrogen) atoms. The van der Waals surface area contributed by atoms with Crippen molar-refractivity contribution in [2.45, 2.75) is 18.5 Å². The van der Waals surface area contributed by atoms with E-state index in [0.717, 1.165) is 0 Å². The van der Waals surface area contributed by atoms with Gasteiger partial charge in [-0.05, 0) is 0 Å². The van der Waals surface area contributed by atoms with Gasteiger partial charge in [-0.1, -0.05) is 0 Å². The maximum Gasteiger partial charge on any atom is 0.490 e. The molecule has 0 bridgehead atoms. The maximum absolute atomic E-state index is 10.6.